The molecular weight excluding hydrogens is 184 g/mol. The van der Waals surface area contributed by atoms with E-state index in [0.717, 1.165) is 16.3 Å². The van der Waals surface area contributed by atoms with Crippen LogP contribution in [0.1, 0.15) is 13.8 Å². The number of nitrogens with zero attached hydrogens (tertiary/aromatic N) is 2. The van der Waals surface area contributed by atoms with Crippen molar-refractivity contribution < 1.29 is 4.42 Å². The van der Waals surface area contributed by atoms with Crippen LogP contribution in [0.4, 0.5) is 0 Å². The van der Waals surface area contributed by atoms with Crippen LogP contribution < -0.4 is 0 Å². The van der Waals surface area contributed by atoms with Crippen LogP contribution in [0.3, 0.4) is 0 Å². The molecule has 0 N–H and O–H groups in total. The number of aromatic nitrogens is 2. The lowest BCUT2D eigenvalue weighted by Gasteiger charge is -1.96. The minimum atomic E-state index is 0.487. The molecule has 0 aliphatic rings. The first-order valence-corrected chi connectivity index (χ1v) is 5.01. The van der Waals surface area contributed by atoms with Gasteiger partial charge in [0.15, 0.2) is 5.58 Å². The topological polar surface area (TPSA) is 38.9 Å². The molecule has 0 radical (unpaired) electrons. The Morgan fingerprint density at radius 2 is 2.31 bits per heavy atom. The fraction of sp³-hybridized carbons (Fsp3) is 0.333. The molecule has 4 heteroatoms. The predicted octanol–water partition coefficient (Wildman–Crippen LogP) is 2.72. The molecule has 2 rings (SSSR count). The molecule has 0 spiro atoms. The van der Waals surface area contributed by atoms with E-state index in [0.29, 0.717) is 5.25 Å². The fourth-order valence-electron chi connectivity index (χ4n) is 1.01. The molecule has 0 saturated heterocycles. The molecule has 0 bridgehead atoms. The highest BCUT2D eigenvalue weighted by molar-refractivity contribution is 7.99. The van der Waals surface area contributed by atoms with Gasteiger partial charge in [-0.3, -0.25) is 4.98 Å². The molecule has 13 heavy (non-hydrogen) atoms. The SMILES string of the molecule is CC(C)Sc1nc2cnccc2o1. The fourth-order valence-corrected chi connectivity index (χ4v) is 1.70. The summed E-state index contributed by atoms with van der Waals surface area (Å²) in [6, 6.07) is 1.83. The third-order valence-corrected chi connectivity index (χ3v) is 2.35. The Morgan fingerprint density at radius 1 is 1.46 bits per heavy atom. The van der Waals surface area contributed by atoms with Gasteiger partial charge in [0, 0.05) is 17.5 Å². The van der Waals surface area contributed by atoms with Crippen LogP contribution in [0.25, 0.3) is 11.1 Å². The van der Waals surface area contributed by atoms with Gasteiger partial charge < -0.3 is 4.42 Å². The zero-order valence-corrected chi connectivity index (χ0v) is 8.34. The Balaban J connectivity index is 2.38. The van der Waals surface area contributed by atoms with E-state index in [2.05, 4.69) is 23.8 Å². The van der Waals surface area contributed by atoms with Crippen molar-refractivity contribution in [3.63, 3.8) is 0 Å². The second kappa shape index (κ2) is 3.38. The number of oxazole rings is 1. The van der Waals surface area contributed by atoms with E-state index in [1.54, 1.807) is 24.2 Å². The minimum Gasteiger partial charge on any atom is -0.431 e. The molecule has 0 aliphatic carbocycles. The van der Waals surface area contributed by atoms with Crippen LogP contribution in [0, 0.1) is 0 Å². The van der Waals surface area contributed by atoms with E-state index in [-0.39, 0.29) is 0 Å². The monoisotopic (exact) mass is 194 g/mol. The maximum absolute atomic E-state index is 5.49. The second-order valence-electron chi connectivity index (χ2n) is 2.99. The van der Waals surface area contributed by atoms with Gasteiger partial charge in [-0.2, -0.15) is 0 Å². The van der Waals surface area contributed by atoms with Crippen LogP contribution in [-0.2, 0) is 0 Å². The second-order valence-corrected chi connectivity index (χ2v) is 4.52. The van der Waals surface area contributed by atoms with Gasteiger partial charge in [0.05, 0.1) is 6.20 Å². The molecule has 0 atom stereocenters. The Bertz CT molecular complexity index is 378. The smallest absolute Gasteiger partial charge is 0.257 e. The Morgan fingerprint density at radius 3 is 3.00 bits per heavy atom. The molecular formula is C9H10N2OS. The summed E-state index contributed by atoms with van der Waals surface area (Å²) in [5.41, 5.74) is 1.63. The van der Waals surface area contributed by atoms with Crippen LogP contribution in [-0.4, -0.2) is 15.2 Å². The van der Waals surface area contributed by atoms with Crippen molar-refractivity contribution in [3.05, 3.63) is 18.5 Å². The zero-order valence-electron chi connectivity index (χ0n) is 7.52. The summed E-state index contributed by atoms with van der Waals surface area (Å²) in [5.74, 6) is 0. The van der Waals surface area contributed by atoms with E-state index < -0.39 is 0 Å². The largest absolute Gasteiger partial charge is 0.431 e. The molecule has 0 unspecified atom stereocenters. The van der Waals surface area contributed by atoms with E-state index in [1.165, 1.54) is 0 Å². The molecule has 0 fully saturated rings. The molecule has 2 aromatic heterocycles. The average molecular weight is 194 g/mol. The Labute approximate surface area is 80.6 Å². The van der Waals surface area contributed by atoms with Gasteiger partial charge in [0.2, 0.25) is 0 Å². The van der Waals surface area contributed by atoms with Gasteiger partial charge in [-0.25, -0.2) is 4.98 Å². The molecule has 0 aromatic carbocycles. The van der Waals surface area contributed by atoms with Crippen LogP contribution in [0.5, 0.6) is 0 Å². The lowest BCUT2D eigenvalue weighted by atomic mass is 10.4. The number of thioether (sulfide) groups is 1. The molecule has 68 valence electrons. The minimum absolute atomic E-state index is 0.487. The highest BCUT2D eigenvalue weighted by Crippen LogP contribution is 2.25. The highest BCUT2D eigenvalue weighted by Gasteiger charge is 2.07. The molecule has 0 amide bonds. The summed E-state index contributed by atoms with van der Waals surface area (Å²) >= 11 is 1.62. The van der Waals surface area contributed by atoms with Gasteiger partial charge in [0.1, 0.15) is 5.52 Å². The standard InChI is InChI=1S/C9H10N2OS/c1-6(2)13-9-11-7-5-10-4-3-8(7)12-9/h3-6H,1-2H3. The lowest BCUT2D eigenvalue weighted by molar-refractivity contribution is 0.488. The quantitative estimate of drug-likeness (QED) is 0.689. The first-order valence-electron chi connectivity index (χ1n) is 4.13. The van der Waals surface area contributed by atoms with Crippen molar-refractivity contribution in [1.29, 1.82) is 0 Å². The zero-order chi connectivity index (χ0) is 9.26. The number of hydrogen-bond donors (Lipinski definition) is 0. The highest BCUT2D eigenvalue weighted by atomic mass is 32.2. The average Bonchev–Trinajstić information content (AvgIpc) is 2.44. The van der Waals surface area contributed by atoms with Crippen LogP contribution in [0.15, 0.2) is 28.1 Å². The van der Waals surface area contributed by atoms with Crippen molar-refractivity contribution in [2.45, 2.75) is 24.3 Å². The summed E-state index contributed by atoms with van der Waals surface area (Å²) in [7, 11) is 0. The van der Waals surface area contributed by atoms with E-state index in [4.69, 9.17) is 4.42 Å². The normalized spacial score (nSPS) is 11.3. The van der Waals surface area contributed by atoms with Gasteiger partial charge in [-0.05, 0) is 0 Å². The van der Waals surface area contributed by atoms with Crippen molar-refractivity contribution in [2.75, 3.05) is 0 Å². The Kier molecular flexibility index (Phi) is 2.22. The molecule has 2 aromatic rings. The summed E-state index contributed by atoms with van der Waals surface area (Å²) in [4.78, 5) is 8.26. The number of fused-ring (bicyclic) bond motifs is 1. The summed E-state index contributed by atoms with van der Waals surface area (Å²) in [5, 5.41) is 1.21. The third-order valence-electron chi connectivity index (χ3n) is 1.51. The van der Waals surface area contributed by atoms with Crippen molar-refractivity contribution in [1.82, 2.24) is 9.97 Å². The van der Waals surface area contributed by atoms with Crippen LogP contribution >= 0.6 is 11.8 Å². The number of rotatable bonds is 2. The van der Waals surface area contributed by atoms with Crippen molar-refractivity contribution >= 4 is 22.9 Å². The van der Waals surface area contributed by atoms with Crippen molar-refractivity contribution in [3.8, 4) is 0 Å². The third kappa shape index (κ3) is 1.83. The molecule has 0 saturated carbocycles. The maximum atomic E-state index is 5.49. The summed E-state index contributed by atoms with van der Waals surface area (Å²) in [6.07, 6.45) is 3.42. The Hall–Kier alpha value is -1.03. The van der Waals surface area contributed by atoms with Gasteiger partial charge in [-0.15, -0.1) is 0 Å². The first kappa shape index (κ1) is 8.56. The van der Waals surface area contributed by atoms with Crippen molar-refractivity contribution in [2.24, 2.45) is 0 Å². The van der Waals surface area contributed by atoms with E-state index >= 15 is 0 Å². The predicted molar refractivity (Wildman–Crippen MR) is 52.8 cm³/mol. The molecule has 0 aliphatic heterocycles. The van der Waals surface area contributed by atoms with Crippen LogP contribution in [0.2, 0.25) is 0 Å². The molecule has 2 heterocycles. The first-order chi connectivity index (χ1) is 6.25. The van der Waals surface area contributed by atoms with E-state index in [9.17, 15) is 0 Å². The summed E-state index contributed by atoms with van der Waals surface area (Å²) < 4.78 is 5.49. The van der Waals surface area contributed by atoms with E-state index in [1.807, 2.05) is 6.07 Å². The maximum Gasteiger partial charge on any atom is 0.257 e. The lowest BCUT2D eigenvalue weighted by Crippen LogP contribution is -1.84. The number of pyridine rings is 1. The van der Waals surface area contributed by atoms with Gasteiger partial charge in [-0.1, -0.05) is 25.6 Å². The number of hydrogen-bond acceptors (Lipinski definition) is 4. The summed E-state index contributed by atoms with van der Waals surface area (Å²) in [6.45, 7) is 4.22. The van der Waals surface area contributed by atoms with Gasteiger partial charge >= 0.3 is 0 Å². The molecule has 3 nitrogen and oxygen atoms in total. The van der Waals surface area contributed by atoms with Gasteiger partial charge in [0.25, 0.3) is 5.22 Å².